The molecule has 12 heavy (non-hydrogen) atoms. The smallest absolute Gasteiger partial charge is 0.135 e. The fourth-order valence-corrected chi connectivity index (χ4v) is 1.10. The van der Waals surface area contributed by atoms with Crippen LogP contribution in [0.4, 0.5) is 5.69 Å². The second-order valence-electron chi connectivity index (χ2n) is 2.19. The van der Waals surface area contributed by atoms with Gasteiger partial charge in [-0.25, -0.2) is 5.43 Å². The monoisotopic (exact) mass is 203 g/mol. The number of nitrogens with two attached hydrogens (primary N) is 1. The fraction of sp³-hybridized carbons (Fsp3) is 0.143. The Morgan fingerprint density at radius 3 is 2.67 bits per heavy atom. The summed E-state index contributed by atoms with van der Waals surface area (Å²) in [6.07, 6.45) is 0. The molecule has 0 bridgehead atoms. The summed E-state index contributed by atoms with van der Waals surface area (Å²) < 4.78 is 0. The normalized spacial score (nSPS) is 12.6. The van der Waals surface area contributed by atoms with Crippen molar-refractivity contribution in [1.82, 2.24) is 5.43 Å². The molecular weight excluding hydrogens is 194 g/mol. The quantitative estimate of drug-likeness (QED) is 0.260. The molecule has 0 fully saturated rings. The average Bonchev–Trinajstić information content (AvgIpc) is 2.09. The maximum Gasteiger partial charge on any atom is 0.135 e. The van der Waals surface area contributed by atoms with Crippen LogP contribution in [0.5, 0.6) is 0 Å². The van der Waals surface area contributed by atoms with Gasteiger partial charge in [0.2, 0.25) is 0 Å². The van der Waals surface area contributed by atoms with E-state index in [9.17, 15) is 0 Å². The number of rotatable bonds is 3. The highest BCUT2D eigenvalue weighted by molar-refractivity contribution is 7.81. The molecule has 5 heteroatoms. The molecule has 66 valence electrons. The average molecular weight is 204 g/mol. The van der Waals surface area contributed by atoms with E-state index < -0.39 is 0 Å². The minimum atomic E-state index is -0.301. The van der Waals surface area contributed by atoms with Crippen LogP contribution in [0, 0.1) is 0 Å². The third kappa shape index (κ3) is 2.57. The Hall–Kier alpha value is -0.420. The van der Waals surface area contributed by atoms with Crippen molar-refractivity contribution in [2.45, 2.75) is 5.50 Å². The summed E-state index contributed by atoms with van der Waals surface area (Å²) in [4.78, 5) is 0. The Balaban J connectivity index is 2.69. The summed E-state index contributed by atoms with van der Waals surface area (Å²) in [5, 5.41) is 3.60. The van der Waals surface area contributed by atoms with Gasteiger partial charge in [0.1, 0.15) is 5.50 Å². The number of hydrogen-bond acceptors (Lipinski definition) is 4. The van der Waals surface area contributed by atoms with Crippen LogP contribution in [0.15, 0.2) is 24.3 Å². The van der Waals surface area contributed by atoms with Crippen LogP contribution in [0.3, 0.4) is 0 Å². The van der Waals surface area contributed by atoms with Crippen molar-refractivity contribution in [3.63, 3.8) is 0 Å². The fourth-order valence-electron chi connectivity index (χ4n) is 0.767. The van der Waals surface area contributed by atoms with E-state index in [1.165, 1.54) is 0 Å². The molecule has 0 aromatic heterocycles. The number of hydrazine groups is 1. The largest absolute Gasteiger partial charge is 0.359 e. The number of hydrogen-bond donors (Lipinski definition) is 4. The molecule has 1 unspecified atom stereocenters. The molecule has 1 atom stereocenters. The maximum absolute atomic E-state index is 5.86. The van der Waals surface area contributed by atoms with Gasteiger partial charge in [0.05, 0.1) is 10.7 Å². The van der Waals surface area contributed by atoms with Crippen molar-refractivity contribution in [1.29, 1.82) is 0 Å². The zero-order valence-corrected chi connectivity index (χ0v) is 7.94. The predicted octanol–water partition coefficient (Wildman–Crippen LogP) is 1.43. The summed E-state index contributed by atoms with van der Waals surface area (Å²) in [7, 11) is 0. The number of thiol groups is 1. The molecule has 1 rings (SSSR count). The molecule has 0 aliphatic rings. The van der Waals surface area contributed by atoms with Gasteiger partial charge < -0.3 is 5.32 Å². The second-order valence-corrected chi connectivity index (χ2v) is 3.12. The highest BCUT2D eigenvalue weighted by Gasteiger charge is 2.01. The maximum atomic E-state index is 5.86. The Kier molecular flexibility index (Phi) is 3.68. The zero-order valence-electron chi connectivity index (χ0n) is 6.29. The molecule has 0 heterocycles. The molecule has 1 aromatic rings. The predicted molar refractivity (Wildman–Crippen MR) is 55.2 cm³/mol. The van der Waals surface area contributed by atoms with Gasteiger partial charge in [0.15, 0.2) is 0 Å². The standard InChI is InChI=1S/C7H10ClN3S/c8-5-3-1-2-4-6(5)10-7(12)11-9/h1-4,7,10-12H,9H2. The first-order valence-corrected chi connectivity index (χ1v) is 4.28. The number of benzene rings is 1. The number of anilines is 1. The first-order chi connectivity index (χ1) is 5.74. The van der Waals surface area contributed by atoms with Crippen LogP contribution in [0.1, 0.15) is 0 Å². The van der Waals surface area contributed by atoms with Crippen LogP contribution in [-0.2, 0) is 0 Å². The second kappa shape index (κ2) is 4.57. The molecule has 1 aromatic carbocycles. The van der Waals surface area contributed by atoms with Gasteiger partial charge in [-0.15, -0.1) is 12.6 Å². The van der Waals surface area contributed by atoms with E-state index in [0.717, 1.165) is 5.69 Å². The van der Waals surface area contributed by atoms with E-state index in [-0.39, 0.29) is 5.50 Å². The molecule has 4 N–H and O–H groups in total. The summed E-state index contributed by atoms with van der Waals surface area (Å²) in [6, 6.07) is 7.38. The van der Waals surface area contributed by atoms with Crippen LogP contribution in [0.25, 0.3) is 0 Å². The van der Waals surface area contributed by atoms with Gasteiger partial charge >= 0.3 is 0 Å². The van der Waals surface area contributed by atoms with Crippen LogP contribution in [-0.4, -0.2) is 5.50 Å². The third-order valence-electron chi connectivity index (χ3n) is 1.32. The van der Waals surface area contributed by atoms with Crippen LogP contribution in [0.2, 0.25) is 5.02 Å². The molecule has 0 spiro atoms. The number of halogens is 1. The van der Waals surface area contributed by atoms with Gasteiger partial charge in [0, 0.05) is 0 Å². The first kappa shape index (κ1) is 9.67. The lowest BCUT2D eigenvalue weighted by Gasteiger charge is -2.13. The van der Waals surface area contributed by atoms with Crippen molar-refractivity contribution in [3.05, 3.63) is 29.3 Å². The molecule has 0 amide bonds. The topological polar surface area (TPSA) is 50.1 Å². The van der Waals surface area contributed by atoms with E-state index >= 15 is 0 Å². The Morgan fingerprint density at radius 2 is 2.08 bits per heavy atom. The molecule has 0 radical (unpaired) electrons. The van der Waals surface area contributed by atoms with Crippen molar-refractivity contribution in [2.75, 3.05) is 5.32 Å². The van der Waals surface area contributed by atoms with Crippen molar-refractivity contribution >= 4 is 29.9 Å². The van der Waals surface area contributed by atoms with Gasteiger partial charge in [-0.2, -0.15) is 0 Å². The number of nitrogens with one attached hydrogen (secondary N) is 2. The van der Waals surface area contributed by atoms with E-state index in [4.69, 9.17) is 17.4 Å². The van der Waals surface area contributed by atoms with E-state index in [0.29, 0.717) is 5.02 Å². The van der Waals surface area contributed by atoms with Gasteiger partial charge in [-0.3, -0.25) is 5.84 Å². The number of para-hydroxylation sites is 1. The molecule has 0 aliphatic carbocycles. The Morgan fingerprint density at radius 1 is 1.42 bits per heavy atom. The molecule has 0 saturated carbocycles. The molecule has 3 nitrogen and oxygen atoms in total. The van der Waals surface area contributed by atoms with E-state index in [1.807, 2.05) is 18.2 Å². The van der Waals surface area contributed by atoms with E-state index in [1.54, 1.807) is 6.07 Å². The minimum Gasteiger partial charge on any atom is -0.359 e. The SMILES string of the molecule is NNC(S)Nc1ccccc1Cl. The van der Waals surface area contributed by atoms with Gasteiger partial charge in [-0.1, -0.05) is 23.7 Å². The molecule has 0 aliphatic heterocycles. The highest BCUT2D eigenvalue weighted by atomic mass is 35.5. The van der Waals surface area contributed by atoms with Crippen molar-refractivity contribution < 1.29 is 0 Å². The lowest BCUT2D eigenvalue weighted by Crippen LogP contribution is -2.36. The Labute approximate surface area is 81.7 Å². The van der Waals surface area contributed by atoms with Crippen LogP contribution >= 0.6 is 24.2 Å². The molecule has 0 saturated heterocycles. The van der Waals surface area contributed by atoms with E-state index in [2.05, 4.69) is 23.4 Å². The zero-order chi connectivity index (χ0) is 8.97. The highest BCUT2D eigenvalue weighted by Crippen LogP contribution is 2.20. The lowest BCUT2D eigenvalue weighted by molar-refractivity contribution is 0.748. The van der Waals surface area contributed by atoms with Gasteiger partial charge in [-0.05, 0) is 12.1 Å². The van der Waals surface area contributed by atoms with Gasteiger partial charge in [0.25, 0.3) is 0 Å². The van der Waals surface area contributed by atoms with Crippen molar-refractivity contribution in [2.24, 2.45) is 5.84 Å². The first-order valence-electron chi connectivity index (χ1n) is 3.39. The lowest BCUT2D eigenvalue weighted by atomic mass is 10.3. The van der Waals surface area contributed by atoms with Crippen molar-refractivity contribution in [3.8, 4) is 0 Å². The summed E-state index contributed by atoms with van der Waals surface area (Å²) in [5.74, 6) is 5.14. The minimum absolute atomic E-state index is 0.301. The summed E-state index contributed by atoms with van der Waals surface area (Å²) >= 11 is 9.94. The summed E-state index contributed by atoms with van der Waals surface area (Å²) in [6.45, 7) is 0. The summed E-state index contributed by atoms with van der Waals surface area (Å²) in [5.41, 5.74) is 2.94. The third-order valence-corrected chi connectivity index (χ3v) is 1.93. The van der Waals surface area contributed by atoms with Crippen LogP contribution < -0.4 is 16.6 Å². The molecular formula is C7H10ClN3S. The Bertz CT molecular complexity index is 256.